The lowest BCUT2D eigenvalue weighted by Gasteiger charge is -2.30. The van der Waals surface area contributed by atoms with Crippen molar-refractivity contribution in [3.8, 4) is 0 Å². The van der Waals surface area contributed by atoms with E-state index in [1.807, 2.05) is 30.9 Å². The summed E-state index contributed by atoms with van der Waals surface area (Å²) in [6, 6.07) is 5.50. The number of piperidine rings is 1. The van der Waals surface area contributed by atoms with Gasteiger partial charge in [0, 0.05) is 36.8 Å². The van der Waals surface area contributed by atoms with E-state index < -0.39 is 0 Å². The highest BCUT2D eigenvalue weighted by atomic mass is 35.5. The van der Waals surface area contributed by atoms with Crippen molar-refractivity contribution < 1.29 is 9.59 Å². The number of hydrogen-bond acceptors (Lipinski definition) is 3. The lowest BCUT2D eigenvalue weighted by atomic mass is 9.98. The lowest BCUT2D eigenvalue weighted by Crippen LogP contribution is -2.37. The summed E-state index contributed by atoms with van der Waals surface area (Å²) >= 11 is 0. The van der Waals surface area contributed by atoms with Gasteiger partial charge in [-0.05, 0) is 62.8 Å². The number of anilines is 1. The van der Waals surface area contributed by atoms with Gasteiger partial charge in [0.1, 0.15) is 0 Å². The molecule has 1 aliphatic heterocycles. The Bertz CT molecular complexity index is 596. The molecule has 1 aromatic carbocycles. The molecule has 0 saturated carbocycles. The Hall–Kier alpha value is -1.59. The molecule has 0 spiro atoms. The summed E-state index contributed by atoms with van der Waals surface area (Å²) in [6.45, 7) is 7.69. The number of likely N-dealkylation sites (tertiary alicyclic amines) is 1. The molecule has 6 heteroatoms. The van der Waals surface area contributed by atoms with E-state index in [1.54, 1.807) is 6.07 Å². The van der Waals surface area contributed by atoms with Crippen LogP contribution in [0.15, 0.2) is 18.2 Å². The van der Waals surface area contributed by atoms with Gasteiger partial charge in [-0.15, -0.1) is 12.4 Å². The minimum Gasteiger partial charge on any atom is -0.339 e. The van der Waals surface area contributed by atoms with Crippen LogP contribution in [0, 0.1) is 12.8 Å². The standard InChI is InChI=1S/C19H29N3O2.ClH/c1-13-8-10-22(11-9-13)19(24)16-5-6-17(14(2)12-16)21-18(23)7-4-15(3)20;/h5-6,12-13,15H,4,7-11,20H2,1-3H3,(H,21,23);1H. The van der Waals surface area contributed by atoms with E-state index in [0.717, 1.165) is 37.2 Å². The third-order valence-electron chi connectivity index (χ3n) is 4.65. The molecule has 0 radical (unpaired) electrons. The van der Waals surface area contributed by atoms with Gasteiger partial charge < -0.3 is 16.0 Å². The second kappa shape index (κ2) is 9.78. The SMILES string of the molecule is Cc1cc(C(=O)N2CCC(C)CC2)ccc1NC(=O)CCC(C)N.Cl. The predicted molar refractivity (Wildman–Crippen MR) is 104 cm³/mol. The number of nitrogens with two attached hydrogens (primary N) is 1. The van der Waals surface area contributed by atoms with Crippen molar-refractivity contribution in [2.24, 2.45) is 11.7 Å². The van der Waals surface area contributed by atoms with Crippen molar-refractivity contribution in [3.05, 3.63) is 29.3 Å². The second-order valence-electron chi connectivity index (χ2n) is 7.07. The Kier molecular flexibility index (Phi) is 8.39. The number of benzene rings is 1. The minimum atomic E-state index is -0.0421. The minimum absolute atomic E-state index is 0. The number of amides is 2. The Balaban J connectivity index is 0.00000312. The molecular formula is C19H30ClN3O2. The fraction of sp³-hybridized carbons (Fsp3) is 0.579. The summed E-state index contributed by atoms with van der Waals surface area (Å²) in [6.07, 6.45) is 3.20. The number of halogens is 1. The maximum absolute atomic E-state index is 12.6. The molecule has 0 aliphatic carbocycles. The summed E-state index contributed by atoms with van der Waals surface area (Å²) in [5.41, 5.74) is 8.03. The number of nitrogens with one attached hydrogen (secondary N) is 1. The van der Waals surface area contributed by atoms with E-state index in [1.165, 1.54) is 0 Å². The molecule has 3 N–H and O–H groups in total. The highest BCUT2D eigenvalue weighted by Crippen LogP contribution is 2.21. The molecule has 0 bridgehead atoms. The van der Waals surface area contributed by atoms with Gasteiger partial charge in [0.05, 0.1) is 0 Å². The number of hydrogen-bond donors (Lipinski definition) is 2. The maximum Gasteiger partial charge on any atom is 0.253 e. The van der Waals surface area contributed by atoms with Crippen LogP contribution in [0.1, 0.15) is 55.5 Å². The molecule has 1 unspecified atom stereocenters. The Labute approximate surface area is 156 Å². The van der Waals surface area contributed by atoms with E-state index in [9.17, 15) is 9.59 Å². The van der Waals surface area contributed by atoms with Crippen LogP contribution in [0.3, 0.4) is 0 Å². The van der Waals surface area contributed by atoms with Gasteiger partial charge in [-0.25, -0.2) is 0 Å². The first kappa shape index (κ1) is 21.5. The van der Waals surface area contributed by atoms with Crippen LogP contribution < -0.4 is 11.1 Å². The van der Waals surface area contributed by atoms with Crippen LogP contribution in [0.5, 0.6) is 0 Å². The number of nitrogens with zero attached hydrogens (tertiary/aromatic N) is 1. The maximum atomic E-state index is 12.6. The summed E-state index contributed by atoms with van der Waals surface area (Å²) < 4.78 is 0. The first-order valence-electron chi connectivity index (χ1n) is 8.82. The topological polar surface area (TPSA) is 75.4 Å². The van der Waals surface area contributed by atoms with Crippen LogP contribution in [0.4, 0.5) is 5.69 Å². The quantitative estimate of drug-likeness (QED) is 0.837. The largest absolute Gasteiger partial charge is 0.339 e. The van der Waals surface area contributed by atoms with E-state index in [2.05, 4.69) is 12.2 Å². The fourth-order valence-corrected chi connectivity index (χ4v) is 2.90. The van der Waals surface area contributed by atoms with Crippen molar-refractivity contribution >= 4 is 29.9 Å². The van der Waals surface area contributed by atoms with Crippen molar-refractivity contribution in [1.29, 1.82) is 0 Å². The van der Waals surface area contributed by atoms with E-state index in [0.29, 0.717) is 24.3 Å². The third kappa shape index (κ3) is 6.33. The monoisotopic (exact) mass is 367 g/mol. The lowest BCUT2D eigenvalue weighted by molar-refractivity contribution is -0.116. The van der Waals surface area contributed by atoms with E-state index in [4.69, 9.17) is 5.73 Å². The first-order chi connectivity index (χ1) is 11.4. The highest BCUT2D eigenvalue weighted by molar-refractivity contribution is 5.96. The van der Waals surface area contributed by atoms with Crippen LogP contribution in [-0.4, -0.2) is 35.8 Å². The van der Waals surface area contributed by atoms with Crippen molar-refractivity contribution in [2.45, 2.75) is 52.5 Å². The Morgan fingerprint density at radius 3 is 2.52 bits per heavy atom. The van der Waals surface area contributed by atoms with Crippen molar-refractivity contribution in [3.63, 3.8) is 0 Å². The zero-order chi connectivity index (χ0) is 17.7. The zero-order valence-electron chi connectivity index (χ0n) is 15.4. The first-order valence-corrected chi connectivity index (χ1v) is 8.82. The predicted octanol–water partition coefficient (Wildman–Crippen LogP) is 3.35. The molecule has 2 rings (SSSR count). The molecule has 1 atom stereocenters. The average molecular weight is 368 g/mol. The van der Waals surface area contributed by atoms with Crippen LogP contribution >= 0.6 is 12.4 Å². The molecule has 2 amide bonds. The van der Waals surface area contributed by atoms with E-state index >= 15 is 0 Å². The van der Waals surface area contributed by atoms with Gasteiger partial charge in [0.15, 0.2) is 0 Å². The number of rotatable bonds is 5. The van der Waals surface area contributed by atoms with Crippen molar-refractivity contribution in [1.82, 2.24) is 4.90 Å². The Morgan fingerprint density at radius 1 is 1.32 bits per heavy atom. The number of carbonyl (C=O) groups excluding carboxylic acids is 2. The number of aryl methyl sites for hydroxylation is 1. The van der Waals surface area contributed by atoms with Crippen molar-refractivity contribution in [2.75, 3.05) is 18.4 Å². The smallest absolute Gasteiger partial charge is 0.253 e. The van der Waals surface area contributed by atoms with Gasteiger partial charge in [0.2, 0.25) is 5.91 Å². The molecule has 1 fully saturated rings. The average Bonchev–Trinajstić information content (AvgIpc) is 2.55. The third-order valence-corrected chi connectivity index (χ3v) is 4.65. The second-order valence-corrected chi connectivity index (χ2v) is 7.07. The molecule has 1 aliphatic rings. The number of carbonyl (C=O) groups is 2. The zero-order valence-corrected chi connectivity index (χ0v) is 16.2. The van der Waals surface area contributed by atoms with Crippen LogP contribution in [-0.2, 0) is 4.79 Å². The van der Waals surface area contributed by atoms with Gasteiger partial charge in [0.25, 0.3) is 5.91 Å². The summed E-state index contributed by atoms with van der Waals surface area (Å²) in [7, 11) is 0. The molecule has 1 aromatic rings. The molecule has 1 heterocycles. The van der Waals surface area contributed by atoms with Gasteiger partial charge in [-0.1, -0.05) is 6.92 Å². The summed E-state index contributed by atoms with van der Waals surface area (Å²) in [5.74, 6) is 0.740. The molecular weight excluding hydrogens is 338 g/mol. The summed E-state index contributed by atoms with van der Waals surface area (Å²) in [4.78, 5) is 26.4. The Morgan fingerprint density at radius 2 is 1.96 bits per heavy atom. The molecule has 1 saturated heterocycles. The fourth-order valence-electron chi connectivity index (χ4n) is 2.90. The molecule has 140 valence electrons. The molecule has 0 aromatic heterocycles. The molecule has 5 nitrogen and oxygen atoms in total. The van der Waals surface area contributed by atoms with Gasteiger partial charge in [-0.2, -0.15) is 0 Å². The van der Waals surface area contributed by atoms with Gasteiger partial charge >= 0.3 is 0 Å². The van der Waals surface area contributed by atoms with E-state index in [-0.39, 0.29) is 30.3 Å². The van der Waals surface area contributed by atoms with Crippen LogP contribution in [0.25, 0.3) is 0 Å². The summed E-state index contributed by atoms with van der Waals surface area (Å²) in [5, 5.41) is 2.90. The highest BCUT2D eigenvalue weighted by Gasteiger charge is 2.21. The molecule has 25 heavy (non-hydrogen) atoms. The normalized spacial score (nSPS) is 16.1. The van der Waals surface area contributed by atoms with Crippen LogP contribution in [0.2, 0.25) is 0 Å². The van der Waals surface area contributed by atoms with Gasteiger partial charge in [-0.3, -0.25) is 9.59 Å².